The van der Waals surface area contributed by atoms with Gasteiger partial charge in [-0.25, -0.2) is 0 Å². The van der Waals surface area contributed by atoms with E-state index in [2.05, 4.69) is 11.7 Å². The number of rotatable bonds is 8. The first-order valence-electron chi connectivity index (χ1n) is 4.80. The molecule has 1 atom stereocenters. The van der Waals surface area contributed by atoms with E-state index >= 15 is 0 Å². The van der Waals surface area contributed by atoms with Crippen molar-refractivity contribution < 1.29 is 14.6 Å². The van der Waals surface area contributed by atoms with Crippen LogP contribution in [0.4, 0.5) is 0 Å². The Kier molecular flexibility index (Phi) is 9.77. The molecular formula is C9H18O3S2. The minimum absolute atomic E-state index is 0.198. The largest absolute Gasteiger partial charge is 0.465 e. The van der Waals surface area contributed by atoms with E-state index in [1.807, 2.05) is 0 Å². The lowest BCUT2D eigenvalue weighted by atomic mass is 10.2. The number of carbonyl (C=O) groups is 1. The molecular weight excluding hydrogens is 220 g/mol. The molecule has 5 heteroatoms. The Morgan fingerprint density at radius 1 is 1.43 bits per heavy atom. The van der Waals surface area contributed by atoms with Gasteiger partial charge in [0.25, 0.3) is 0 Å². The van der Waals surface area contributed by atoms with Crippen molar-refractivity contribution in [2.45, 2.75) is 37.9 Å². The lowest BCUT2D eigenvalue weighted by molar-refractivity contribution is -0.142. The summed E-state index contributed by atoms with van der Waals surface area (Å²) in [7, 11) is 1.19. The fraction of sp³-hybridized carbons (Fsp3) is 0.889. The minimum atomic E-state index is -0.202. The number of aliphatic hydroxyl groups is 1. The number of aliphatic hydroxyl groups excluding tert-OH is 1. The zero-order valence-corrected chi connectivity index (χ0v) is 10.2. The molecule has 0 saturated heterocycles. The predicted molar refractivity (Wildman–Crippen MR) is 62.6 cm³/mol. The molecule has 0 amide bonds. The maximum absolute atomic E-state index is 11.1. The summed E-state index contributed by atoms with van der Waals surface area (Å²) >= 11 is 3.93. The molecule has 0 heterocycles. The van der Waals surface area contributed by atoms with Crippen LogP contribution in [-0.4, -0.2) is 29.5 Å². The van der Waals surface area contributed by atoms with Crippen LogP contribution in [0.15, 0.2) is 0 Å². The van der Waals surface area contributed by atoms with Crippen molar-refractivity contribution in [2.24, 2.45) is 0 Å². The number of esters is 1. The molecule has 0 aliphatic heterocycles. The lowest BCUT2D eigenvalue weighted by Crippen LogP contribution is -2.16. The molecule has 0 aromatic heterocycles. The molecule has 0 rings (SSSR count). The summed E-state index contributed by atoms with van der Waals surface area (Å²) in [6.45, 7) is 2.49. The maximum Gasteiger partial charge on any atom is 0.319 e. The van der Waals surface area contributed by atoms with Gasteiger partial charge >= 0.3 is 5.97 Å². The maximum atomic E-state index is 11.1. The molecule has 0 spiro atoms. The number of unbranched alkanes of at least 4 members (excludes halogenated alkanes) is 3. The number of hydrogen-bond acceptors (Lipinski definition) is 5. The Bertz CT molecular complexity index is 153. The molecule has 0 aliphatic carbocycles. The second kappa shape index (κ2) is 9.68. The third-order valence-corrected chi connectivity index (χ3v) is 3.24. The Labute approximate surface area is 94.4 Å². The SMILES string of the molecule is CC(SS)C(=O)OCCCCCCO. The van der Waals surface area contributed by atoms with Crippen molar-refractivity contribution in [1.29, 1.82) is 0 Å². The summed E-state index contributed by atoms with van der Waals surface area (Å²) in [5.74, 6) is -0.202. The van der Waals surface area contributed by atoms with Crippen molar-refractivity contribution in [1.82, 2.24) is 0 Å². The van der Waals surface area contributed by atoms with E-state index in [1.165, 1.54) is 10.8 Å². The van der Waals surface area contributed by atoms with Crippen molar-refractivity contribution in [3.05, 3.63) is 0 Å². The zero-order valence-electron chi connectivity index (χ0n) is 8.44. The van der Waals surface area contributed by atoms with Crippen LogP contribution in [0.3, 0.4) is 0 Å². The molecule has 84 valence electrons. The lowest BCUT2D eigenvalue weighted by Gasteiger charge is -2.07. The average molecular weight is 238 g/mol. The van der Waals surface area contributed by atoms with Crippen LogP contribution in [0.1, 0.15) is 32.6 Å². The molecule has 1 unspecified atom stereocenters. The van der Waals surface area contributed by atoms with Gasteiger partial charge in [-0.3, -0.25) is 4.79 Å². The first-order chi connectivity index (χ1) is 6.72. The highest BCUT2D eigenvalue weighted by molar-refractivity contribution is 8.69. The van der Waals surface area contributed by atoms with Crippen LogP contribution in [0.5, 0.6) is 0 Å². The van der Waals surface area contributed by atoms with E-state index in [1.54, 1.807) is 6.92 Å². The van der Waals surface area contributed by atoms with E-state index in [0.717, 1.165) is 25.7 Å². The van der Waals surface area contributed by atoms with Gasteiger partial charge in [0.1, 0.15) is 5.25 Å². The monoisotopic (exact) mass is 238 g/mol. The van der Waals surface area contributed by atoms with E-state index in [0.29, 0.717) is 6.61 Å². The summed E-state index contributed by atoms with van der Waals surface area (Å²) < 4.78 is 5.00. The number of carbonyl (C=O) groups excluding carboxylic acids is 1. The van der Waals surface area contributed by atoms with Crippen LogP contribution >= 0.6 is 22.5 Å². The number of hydrogen-bond donors (Lipinski definition) is 2. The van der Waals surface area contributed by atoms with Crippen LogP contribution in [0.25, 0.3) is 0 Å². The summed E-state index contributed by atoms with van der Waals surface area (Å²) in [6, 6.07) is 0. The van der Waals surface area contributed by atoms with Gasteiger partial charge in [0, 0.05) is 6.61 Å². The van der Waals surface area contributed by atoms with Gasteiger partial charge in [0.05, 0.1) is 6.61 Å². The third-order valence-electron chi connectivity index (χ3n) is 1.79. The quantitative estimate of drug-likeness (QED) is 0.294. The molecule has 0 radical (unpaired) electrons. The van der Waals surface area contributed by atoms with Crippen LogP contribution in [0, 0.1) is 0 Å². The molecule has 0 bridgehead atoms. The normalized spacial score (nSPS) is 12.5. The first kappa shape index (κ1) is 14.1. The van der Waals surface area contributed by atoms with E-state index in [9.17, 15) is 4.79 Å². The van der Waals surface area contributed by atoms with Crippen LogP contribution < -0.4 is 0 Å². The average Bonchev–Trinajstić information content (AvgIpc) is 2.21. The topological polar surface area (TPSA) is 46.5 Å². The van der Waals surface area contributed by atoms with Gasteiger partial charge in [-0.2, -0.15) is 0 Å². The second-order valence-corrected chi connectivity index (χ2v) is 4.60. The first-order valence-corrected chi connectivity index (χ1v) is 6.73. The molecule has 3 nitrogen and oxygen atoms in total. The predicted octanol–water partition coefficient (Wildman–Crippen LogP) is 2.05. The van der Waals surface area contributed by atoms with Crippen molar-refractivity contribution >= 4 is 28.4 Å². The van der Waals surface area contributed by atoms with Crippen LogP contribution in [-0.2, 0) is 9.53 Å². The standard InChI is InChI=1S/C9H18O3S2/c1-8(14-13)9(11)12-7-5-3-2-4-6-10/h8,10,13H,2-7H2,1H3. The van der Waals surface area contributed by atoms with Gasteiger partial charge in [-0.15, -0.1) is 11.7 Å². The zero-order chi connectivity index (χ0) is 10.8. The third kappa shape index (κ3) is 7.53. The fourth-order valence-corrected chi connectivity index (χ4v) is 1.31. The second-order valence-electron chi connectivity index (χ2n) is 3.05. The van der Waals surface area contributed by atoms with E-state index < -0.39 is 0 Å². The van der Waals surface area contributed by atoms with Gasteiger partial charge in [-0.1, -0.05) is 17.2 Å². The van der Waals surface area contributed by atoms with Crippen molar-refractivity contribution in [2.75, 3.05) is 13.2 Å². The summed E-state index contributed by atoms with van der Waals surface area (Å²) in [5, 5.41) is 8.32. The molecule has 0 fully saturated rings. The molecule has 0 aromatic carbocycles. The van der Waals surface area contributed by atoms with Crippen molar-refractivity contribution in [3.8, 4) is 0 Å². The Morgan fingerprint density at radius 3 is 2.64 bits per heavy atom. The Balaban J connectivity index is 3.23. The molecule has 14 heavy (non-hydrogen) atoms. The van der Waals surface area contributed by atoms with Crippen LogP contribution in [0.2, 0.25) is 0 Å². The van der Waals surface area contributed by atoms with Gasteiger partial charge in [-0.05, 0) is 26.2 Å². The molecule has 0 saturated carbocycles. The molecule has 0 aliphatic rings. The van der Waals surface area contributed by atoms with E-state index in [4.69, 9.17) is 9.84 Å². The van der Waals surface area contributed by atoms with Crippen molar-refractivity contribution in [3.63, 3.8) is 0 Å². The molecule has 0 aromatic rings. The van der Waals surface area contributed by atoms with Gasteiger partial charge in [0.2, 0.25) is 0 Å². The number of thiol groups is 1. The highest BCUT2D eigenvalue weighted by Crippen LogP contribution is 2.15. The summed E-state index contributed by atoms with van der Waals surface area (Å²) in [5.41, 5.74) is 0. The van der Waals surface area contributed by atoms with Gasteiger partial charge in [0.15, 0.2) is 0 Å². The smallest absolute Gasteiger partial charge is 0.319 e. The summed E-state index contributed by atoms with van der Waals surface area (Å²) in [6.07, 6.45) is 3.69. The highest BCUT2D eigenvalue weighted by Gasteiger charge is 2.12. The van der Waals surface area contributed by atoms with E-state index in [-0.39, 0.29) is 17.8 Å². The number of ether oxygens (including phenoxy) is 1. The minimum Gasteiger partial charge on any atom is -0.465 e. The highest BCUT2D eigenvalue weighted by atomic mass is 33.1. The fourth-order valence-electron chi connectivity index (χ4n) is 0.901. The van der Waals surface area contributed by atoms with Gasteiger partial charge < -0.3 is 9.84 Å². The summed E-state index contributed by atoms with van der Waals surface area (Å²) in [4.78, 5) is 11.1. The Hall–Kier alpha value is 0.130. The Morgan fingerprint density at radius 2 is 2.07 bits per heavy atom. The molecule has 1 N–H and O–H groups in total.